The van der Waals surface area contributed by atoms with Gasteiger partial charge in [-0.1, -0.05) is 30.3 Å². The zero-order valence-electron chi connectivity index (χ0n) is 15.6. The first-order chi connectivity index (χ1) is 14.2. The standard InChI is InChI=1S/C22H19NO5S/c24-21(23-12-13-29-20-9-5-4-8-18(20)23)15-27-22(25)19-11-10-17(28-19)14-26-16-6-2-1-3-7-16/h1-11H,12-15H2. The molecule has 6 nitrogen and oxygen atoms in total. The number of carbonyl (C=O) groups excluding carboxylic acids is 2. The van der Waals surface area contributed by atoms with Crippen molar-refractivity contribution in [3.8, 4) is 5.75 Å². The largest absolute Gasteiger partial charge is 0.486 e. The average Bonchev–Trinajstić information content (AvgIpc) is 3.25. The molecule has 1 aromatic heterocycles. The van der Waals surface area contributed by atoms with Gasteiger partial charge in [-0.25, -0.2) is 4.79 Å². The second-order valence-electron chi connectivity index (χ2n) is 6.31. The molecule has 1 amide bonds. The van der Waals surface area contributed by atoms with Crippen molar-refractivity contribution in [1.82, 2.24) is 0 Å². The lowest BCUT2D eigenvalue weighted by molar-refractivity contribution is -0.121. The first kappa shape index (κ1) is 19.1. The first-order valence-corrected chi connectivity index (χ1v) is 10.1. The van der Waals surface area contributed by atoms with E-state index in [1.165, 1.54) is 6.07 Å². The highest BCUT2D eigenvalue weighted by Crippen LogP contribution is 2.34. The molecular weight excluding hydrogens is 390 g/mol. The van der Waals surface area contributed by atoms with E-state index in [4.69, 9.17) is 13.9 Å². The van der Waals surface area contributed by atoms with Crippen molar-refractivity contribution in [1.29, 1.82) is 0 Å². The van der Waals surface area contributed by atoms with Crippen LogP contribution in [0.2, 0.25) is 0 Å². The van der Waals surface area contributed by atoms with E-state index >= 15 is 0 Å². The maximum absolute atomic E-state index is 12.6. The molecule has 2 aromatic carbocycles. The monoisotopic (exact) mass is 409 g/mol. The number of nitrogens with zero attached hydrogens (tertiary/aromatic N) is 1. The van der Waals surface area contributed by atoms with Crippen molar-refractivity contribution >= 4 is 29.3 Å². The Labute approximate surface area is 172 Å². The molecule has 0 radical (unpaired) electrons. The number of amides is 1. The highest BCUT2D eigenvalue weighted by atomic mass is 32.2. The number of para-hydroxylation sites is 2. The molecule has 0 saturated heterocycles. The van der Waals surface area contributed by atoms with Crippen molar-refractivity contribution in [2.75, 3.05) is 23.8 Å². The highest BCUT2D eigenvalue weighted by molar-refractivity contribution is 7.99. The fourth-order valence-corrected chi connectivity index (χ4v) is 3.94. The fraction of sp³-hybridized carbons (Fsp3) is 0.182. The van der Waals surface area contributed by atoms with E-state index in [0.717, 1.165) is 16.3 Å². The number of fused-ring (bicyclic) bond motifs is 1. The van der Waals surface area contributed by atoms with Crippen LogP contribution in [0.5, 0.6) is 5.75 Å². The van der Waals surface area contributed by atoms with E-state index < -0.39 is 5.97 Å². The second kappa shape index (κ2) is 8.87. The third-order valence-corrected chi connectivity index (χ3v) is 5.39. The molecule has 0 fully saturated rings. The van der Waals surface area contributed by atoms with Crippen molar-refractivity contribution < 1.29 is 23.5 Å². The molecule has 1 aliphatic rings. The lowest BCUT2D eigenvalue weighted by atomic mass is 10.2. The van der Waals surface area contributed by atoms with Crippen LogP contribution in [-0.4, -0.2) is 30.8 Å². The minimum atomic E-state index is -0.677. The minimum Gasteiger partial charge on any atom is -0.486 e. The van der Waals surface area contributed by atoms with Crippen molar-refractivity contribution in [2.24, 2.45) is 0 Å². The molecule has 0 N–H and O–H groups in total. The summed E-state index contributed by atoms with van der Waals surface area (Å²) >= 11 is 1.71. The Morgan fingerprint density at radius 1 is 1.00 bits per heavy atom. The third kappa shape index (κ3) is 4.63. The molecule has 2 heterocycles. The predicted octanol–water partition coefficient (Wildman–Crippen LogP) is 4.15. The lowest BCUT2D eigenvalue weighted by Crippen LogP contribution is -2.38. The number of hydrogen-bond donors (Lipinski definition) is 0. The zero-order valence-corrected chi connectivity index (χ0v) is 16.4. The molecular formula is C22H19NO5S. The molecule has 0 spiro atoms. The summed E-state index contributed by atoms with van der Waals surface area (Å²) in [4.78, 5) is 27.5. The quantitative estimate of drug-likeness (QED) is 0.570. The summed E-state index contributed by atoms with van der Waals surface area (Å²) in [6.07, 6.45) is 0. The van der Waals surface area contributed by atoms with Gasteiger partial charge in [0.1, 0.15) is 18.1 Å². The summed E-state index contributed by atoms with van der Waals surface area (Å²) in [5.74, 6) is 1.11. The van der Waals surface area contributed by atoms with Gasteiger partial charge < -0.3 is 18.8 Å². The Morgan fingerprint density at radius 3 is 2.66 bits per heavy atom. The first-order valence-electron chi connectivity index (χ1n) is 9.16. The average molecular weight is 409 g/mol. The van der Waals surface area contributed by atoms with Crippen molar-refractivity contribution in [2.45, 2.75) is 11.5 Å². The van der Waals surface area contributed by atoms with E-state index in [0.29, 0.717) is 18.1 Å². The van der Waals surface area contributed by atoms with Gasteiger partial charge >= 0.3 is 5.97 Å². The smallest absolute Gasteiger partial charge is 0.374 e. The summed E-state index contributed by atoms with van der Waals surface area (Å²) in [5, 5.41) is 0. The SMILES string of the molecule is O=C(OCC(=O)N1CCSc2ccccc21)c1ccc(COc2ccccc2)o1. The fourth-order valence-electron chi connectivity index (χ4n) is 2.94. The number of carbonyl (C=O) groups is 2. The minimum absolute atomic E-state index is 0.0408. The molecule has 0 unspecified atom stereocenters. The summed E-state index contributed by atoms with van der Waals surface area (Å²) < 4.78 is 16.2. The second-order valence-corrected chi connectivity index (χ2v) is 7.44. The molecule has 0 bridgehead atoms. The normalized spacial score (nSPS) is 12.9. The van der Waals surface area contributed by atoms with Gasteiger partial charge in [0.2, 0.25) is 5.76 Å². The number of thioether (sulfide) groups is 1. The van der Waals surface area contributed by atoms with E-state index in [9.17, 15) is 9.59 Å². The number of furan rings is 1. The van der Waals surface area contributed by atoms with Gasteiger partial charge in [0.15, 0.2) is 6.61 Å². The van der Waals surface area contributed by atoms with Crippen molar-refractivity contribution in [3.05, 3.63) is 78.3 Å². The van der Waals surface area contributed by atoms with Crippen LogP contribution >= 0.6 is 11.8 Å². The Hall–Kier alpha value is -3.19. The van der Waals surface area contributed by atoms with Crippen LogP contribution in [0.1, 0.15) is 16.3 Å². The number of benzene rings is 2. The molecule has 1 aliphatic heterocycles. The lowest BCUT2D eigenvalue weighted by Gasteiger charge is -2.28. The molecule has 3 aromatic rings. The zero-order chi connectivity index (χ0) is 20.1. The summed E-state index contributed by atoms with van der Waals surface area (Å²) in [6, 6.07) is 20.2. The van der Waals surface area contributed by atoms with Gasteiger partial charge in [-0.3, -0.25) is 4.79 Å². The Morgan fingerprint density at radius 2 is 1.79 bits per heavy atom. The number of esters is 1. The van der Waals surface area contributed by atoms with Crippen LogP contribution in [0.3, 0.4) is 0 Å². The number of rotatable bonds is 6. The van der Waals surface area contributed by atoms with Crippen molar-refractivity contribution in [3.63, 3.8) is 0 Å². The van der Waals surface area contributed by atoms with Gasteiger partial charge in [0, 0.05) is 17.2 Å². The summed E-state index contributed by atoms with van der Waals surface area (Å²) in [5.41, 5.74) is 0.850. The van der Waals surface area contributed by atoms with Crippen LogP contribution in [0.15, 0.2) is 76.0 Å². The Balaban J connectivity index is 1.31. The molecule has 0 saturated carbocycles. The van der Waals surface area contributed by atoms with Gasteiger partial charge in [-0.05, 0) is 36.4 Å². The van der Waals surface area contributed by atoms with E-state index in [1.54, 1.807) is 22.7 Å². The van der Waals surface area contributed by atoms with E-state index in [2.05, 4.69) is 0 Å². The Kier molecular flexibility index (Phi) is 5.86. The maximum Gasteiger partial charge on any atom is 0.374 e. The molecule has 29 heavy (non-hydrogen) atoms. The van der Waals surface area contributed by atoms with E-state index in [1.807, 2.05) is 54.6 Å². The molecule has 0 aliphatic carbocycles. The topological polar surface area (TPSA) is 69.0 Å². The molecule has 7 heteroatoms. The number of anilines is 1. The highest BCUT2D eigenvalue weighted by Gasteiger charge is 2.24. The van der Waals surface area contributed by atoms with Crippen LogP contribution in [0.4, 0.5) is 5.69 Å². The van der Waals surface area contributed by atoms with Crippen LogP contribution in [0, 0.1) is 0 Å². The third-order valence-electron chi connectivity index (χ3n) is 4.34. The number of hydrogen-bond acceptors (Lipinski definition) is 6. The van der Waals surface area contributed by atoms with E-state index in [-0.39, 0.29) is 24.9 Å². The summed E-state index contributed by atoms with van der Waals surface area (Å²) in [7, 11) is 0. The Bertz CT molecular complexity index is 1000. The van der Waals surface area contributed by atoms with Crippen LogP contribution in [0.25, 0.3) is 0 Å². The molecule has 148 valence electrons. The maximum atomic E-state index is 12.6. The number of ether oxygens (including phenoxy) is 2. The van der Waals surface area contributed by atoms with Gasteiger partial charge in [-0.15, -0.1) is 11.8 Å². The van der Waals surface area contributed by atoms with Crippen LogP contribution in [-0.2, 0) is 16.1 Å². The van der Waals surface area contributed by atoms with Gasteiger partial charge in [-0.2, -0.15) is 0 Å². The van der Waals surface area contributed by atoms with Crippen LogP contribution < -0.4 is 9.64 Å². The predicted molar refractivity (Wildman–Crippen MR) is 109 cm³/mol. The molecule has 4 rings (SSSR count). The molecule has 0 atom stereocenters. The van der Waals surface area contributed by atoms with Gasteiger partial charge in [0.25, 0.3) is 5.91 Å². The van der Waals surface area contributed by atoms with Gasteiger partial charge in [0.05, 0.1) is 5.69 Å². The summed E-state index contributed by atoms with van der Waals surface area (Å²) in [6.45, 7) is 0.437.